The van der Waals surface area contributed by atoms with Gasteiger partial charge in [-0.3, -0.25) is 9.59 Å². The normalized spacial score (nSPS) is 10.5. The Balaban J connectivity index is 1.54. The third-order valence-corrected chi connectivity index (χ3v) is 5.35. The number of halogens is 3. The van der Waals surface area contributed by atoms with Crippen molar-refractivity contribution < 1.29 is 14.0 Å². The van der Waals surface area contributed by atoms with Crippen LogP contribution in [-0.4, -0.2) is 23.3 Å². The maximum atomic E-state index is 12.9. The van der Waals surface area contributed by atoms with E-state index < -0.39 is 17.6 Å². The summed E-state index contributed by atoms with van der Waals surface area (Å²) in [5, 5.41) is 6.62. The fourth-order valence-corrected chi connectivity index (χ4v) is 3.72. The van der Waals surface area contributed by atoms with Gasteiger partial charge in [0.15, 0.2) is 5.13 Å². The summed E-state index contributed by atoms with van der Waals surface area (Å²) in [6.07, 6.45) is 2.13. The topological polar surface area (TPSA) is 71.1 Å². The summed E-state index contributed by atoms with van der Waals surface area (Å²) in [5.41, 5.74) is 1.06. The van der Waals surface area contributed by atoms with Gasteiger partial charge in [-0.15, -0.1) is 11.3 Å². The summed E-state index contributed by atoms with van der Waals surface area (Å²) in [7, 11) is 0. The first-order valence-corrected chi connectivity index (χ1v) is 9.71. The Labute approximate surface area is 174 Å². The van der Waals surface area contributed by atoms with Gasteiger partial charge in [-0.1, -0.05) is 29.3 Å². The molecule has 1 aromatic heterocycles. The lowest BCUT2D eigenvalue weighted by molar-refractivity contribution is -0.115. The molecule has 0 spiro atoms. The van der Waals surface area contributed by atoms with Crippen molar-refractivity contribution in [3.63, 3.8) is 0 Å². The smallest absolute Gasteiger partial charge is 0.251 e. The van der Waals surface area contributed by atoms with E-state index in [1.807, 2.05) is 0 Å². The first-order chi connectivity index (χ1) is 13.4. The van der Waals surface area contributed by atoms with E-state index in [1.54, 1.807) is 24.4 Å². The number of carbonyl (C=O) groups is 2. The average molecular weight is 438 g/mol. The number of benzene rings is 2. The van der Waals surface area contributed by atoms with Crippen LogP contribution in [0.15, 0.2) is 48.7 Å². The minimum Gasteiger partial charge on any atom is -0.343 e. The molecule has 3 aromatic rings. The van der Waals surface area contributed by atoms with Crippen LogP contribution in [0, 0.1) is 5.82 Å². The molecular weight excluding hydrogens is 424 g/mol. The Kier molecular flexibility index (Phi) is 6.61. The number of hydrogen-bond donors (Lipinski definition) is 2. The monoisotopic (exact) mass is 437 g/mol. The Bertz CT molecular complexity index is 988. The molecule has 0 aliphatic rings. The van der Waals surface area contributed by atoms with Crippen LogP contribution in [0.3, 0.4) is 0 Å². The predicted molar refractivity (Wildman–Crippen MR) is 109 cm³/mol. The van der Waals surface area contributed by atoms with Crippen LogP contribution in [0.2, 0.25) is 10.0 Å². The maximum Gasteiger partial charge on any atom is 0.251 e. The SMILES string of the molecule is O=C(CNC(=O)c1ccc(F)cc1)Nc1ncc(Cc2c(Cl)cccc2Cl)s1. The lowest BCUT2D eigenvalue weighted by atomic mass is 10.1. The molecule has 2 N–H and O–H groups in total. The van der Waals surface area contributed by atoms with Crippen molar-refractivity contribution in [2.24, 2.45) is 0 Å². The molecule has 0 atom stereocenters. The van der Waals surface area contributed by atoms with Crippen LogP contribution in [-0.2, 0) is 11.2 Å². The van der Waals surface area contributed by atoms with Crippen molar-refractivity contribution in [2.75, 3.05) is 11.9 Å². The number of rotatable bonds is 6. The number of carbonyl (C=O) groups excluding carboxylic acids is 2. The van der Waals surface area contributed by atoms with E-state index in [9.17, 15) is 14.0 Å². The number of anilines is 1. The largest absolute Gasteiger partial charge is 0.343 e. The van der Waals surface area contributed by atoms with Crippen LogP contribution in [0.5, 0.6) is 0 Å². The number of amides is 2. The van der Waals surface area contributed by atoms with Crippen LogP contribution in [0.1, 0.15) is 20.8 Å². The fourth-order valence-electron chi connectivity index (χ4n) is 2.35. The highest BCUT2D eigenvalue weighted by Crippen LogP contribution is 2.29. The number of thiazole rings is 1. The molecule has 144 valence electrons. The average Bonchev–Trinajstić information content (AvgIpc) is 3.10. The lowest BCUT2D eigenvalue weighted by Gasteiger charge is -2.05. The molecule has 2 aromatic carbocycles. The van der Waals surface area contributed by atoms with Crippen molar-refractivity contribution in [3.8, 4) is 0 Å². The van der Waals surface area contributed by atoms with Crippen LogP contribution < -0.4 is 10.6 Å². The fraction of sp³-hybridized carbons (Fsp3) is 0.105. The molecule has 3 rings (SSSR count). The van der Waals surface area contributed by atoms with Gasteiger partial charge in [0, 0.05) is 33.1 Å². The zero-order valence-corrected chi connectivity index (χ0v) is 16.7. The van der Waals surface area contributed by atoms with E-state index in [2.05, 4.69) is 15.6 Å². The molecule has 0 radical (unpaired) electrons. The number of hydrogen-bond acceptors (Lipinski definition) is 4. The number of nitrogens with one attached hydrogen (secondary N) is 2. The quantitative estimate of drug-likeness (QED) is 0.594. The molecule has 9 heteroatoms. The van der Waals surface area contributed by atoms with E-state index in [1.165, 1.54) is 35.6 Å². The molecule has 0 saturated heterocycles. The van der Waals surface area contributed by atoms with E-state index in [-0.39, 0.29) is 12.1 Å². The summed E-state index contributed by atoms with van der Waals surface area (Å²) in [5.74, 6) is -1.33. The Morgan fingerprint density at radius 1 is 1.07 bits per heavy atom. The summed E-state index contributed by atoms with van der Waals surface area (Å²) >= 11 is 13.6. The first kappa shape index (κ1) is 20.3. The van der Waals surface area contributed by atoms with Gasteiger partial charge in [0.1, 0.15) is 5.82 Å². The molecule has 28 heavy (non-hydrogen) atoms. The Hall–Kier alpha value is -2.48. The van der Waals surface area contributed by atoms with Gasteiger partial charge in [-0.05, 0) is 42.0 Å². The second kappa shape index (κ2) is 9.14. The zero-order chi connectivity index (χ0) is 20.1. The van der Waals surface area contributed by atoms with Gasteiger partial charge in [-0.25, -0.2) is 9.37 Å². The molecule has 5 nitrogen and oxygen atoms in total. The summed E-state index contributed by atoms with van der Waals surface area (Å²) in [6, 6.07) is 10.3. The Morgan fingerprint density at radius 3 is 2.43 bits per heavy atom. The van der Waals surface area contributed by atoms with E-state index in [4.69, 9.17) is 23.2 Å². The second-order valence-electron chi connectivity index (χ2n) is 5.75. The van der Waals surface area contributed by atoms with Gasteiger partial charge in [0.25, 0.3) is 5.91 Å². The van der Waals surface area contributed by atoms with Crippen molar-refractivity contribution in [2.45, 2.75) is 6.42 Å². The first-order valence-electron chi connectivity index (χ1n) is 8.13. The minimum absolute atomic E-state index is 0.235. The molecule has 2 amide bonds. The molecule has 0 aliphatic carbocycles. The van der Waals surface area contributed by atoms with Crippen molar-refractivity contribution >= 4 is 51.5 Å². The molecule has 0 fully saturated rings. The highest BCUT2D eigenvalue weighted by Gasteiger charge is 2.12. The molecule has 0 unspecified atom stereocenters. The minimum atomic E-state index is -0.469. The van der Waals surface area contributed by atoms with Crippen LogP contribution in [0.25, 0.3) is 0 Å². The van der Waals surface area contributed by atoms with E-state index >= 15 is 0 Å². The third kappa shape index (κ3) is 5.28. The highest BCUT2D eigenvalue weighted by atomic mass is 35.5. The summed E-state index contributed by atoms with van der Waals surface area (Å²) in [6.45, 7) is -0.235. The molecule has 0 saturated carbocycles. The van der Waals surface area contributed by atoms with Crippen molar-refractivity contribution in [3.05, 3.63) is 80.5 Å². The standard InChI is InChI=1S/C19H14Cl2FN3O2S/c20-15-2-1-3-16(21)14(15)8-13-9-24-19(28-13)25-17(26)10-23-18(27)11-4-6-12(22)7-5-11/h1-7,9H,8,10H2,(H,23,27)(H,24,25,26). The van der Waals surface area contributed by atoms with E-state index in [0.29, 0.717) is 21.6 Å². The van der Waals surface area contributed by atoms with Crippen LogP contribution >= 0.6 is 34.5 Å². The number of nitrogens with zero attached hydrogens (tertiary/aromatic N) is 1. The molecule has 1 heterocycles. The van der Waals surface area contributed by atoms with Gasteiger partial charge in [0.05, 0.1) is 6.54 Å². The van der Waals surface area contributed by atoms with Crippen LogP contribution in [0.4, 0.5) is 9.52 Å². The zero-order valence-electron chi connectivity index (χ0n) is 14.3. The third-order valence-electron chi connectivity index (χ3n) is 3.73. The van der Waals surface area contributed by atoms with Gasteiger partial charge >= 0.3 is 0 Å². The molecule has 0 bridgehead atoms. The maximum absolute atomic E-state index is 12.9. The summed E-state index contributed by atoms with van der Waals surface area (Å²) in [4.78, 5) is 29.0. The highest BCUT2D eigenvalue weighted by molar-refractivity contribution is 7.15. The van der Waals surface area contributed by atoms with Gasteiger partial charge in [-0.2, -0.15) is 0 Å². The predicted octanol–water partition coefficient (Wildman–Crippen LogP) is 4.55. The Morgan fingerprint density at radius 2 is 1.75 bits per heavy atom. The van der Waals surface area contributed by atoms with Crippen molar-refractivity contribution in [1.29, 1.82) is 0 Å². The van der Waals surface area contributed by atoms with E-state index in [0.717, 1.165) is 10.4 Å². The lowest BCUT2D eigenvalue weighted by Crippen LogP contribution is -2.32. The molecular formula is C19H14Cl2FN3O2S. The van der Waals surface area contributed by atoms with Gasteiger partial charge < -0.3 is 10.6 Å². The summed E-state index contributed by atoms with van der Waals surface area (Å²) < 4.78 is 12.9. The van der Waals surface area contributed by atoms with Gasteiger partial charge in [0.2, 0.25) is 5.91 Å². The number of aromatic nitrogens is 1. The second-order valence-corrected chi connectivity index (χ2v) is 7.68. The molecule has 0 aliphatic heterocycles. The van der Waals surface area contributed by atoms with Crippen molar-refractivity contribution in [1.82, 2.24) is 10.3 Å².